The van der Waals surface area contributed by atoms with Crippen molar-refractivity contribution >= 4 is 5.91 Å². The van der Waals surface area contributed by atoms with Crippen molar-refractivity contribution in [3.8, 4) is 11.4 Å². The third kappa shape index (κ3) is 3.58. The summed E-state index contributed by atoms with van der Waals surface area (Å²) in [6.45, 7) is 7.44. The number of nitrogens with zero attached hydrogens (tertiary/aromatic N) is 3. The first kappa shape index (κ1) is 15.7. The smallest absolute Gasteiger partial charge is 0.225 e. The van der Waals surface area contributed by atoms with Gasteiger partial charge in [-0.05, 0) is 45.2 Å². The van der Waals surface area contributed by atoms with Crippen molar-refractivity contribution in [1.82, 2.24) is 14.9 Å². The quantitative estimate of drug-likeness (QED) is 0.849. The number of carbonyl (C=O) groups is 1. The molecule has 1 fully saturated rings. The minimum atomic E-state index is 0.249. The Morgan fingerprint density at radius 3 is 2.70 bits per heavy atom. The maximum atomic E-state index is 12.4. The summed E-state index contributed by atoms with van der Waals surface area (Å²) in [4.78, 5) is 23.3. The van der Waals surface area contributed by atoms with Crippen molar-refractivity contribution in [2.45, 2.75) is 40.2 Å². The van der Waals surface area contributed by atoms with Gasteiger partial charge in [0.25, 0.3) is 0 Å². The molecule has 0 N–H and O–H groups in total. The molecule has 4 heteroatoms. The van der Waals surface area contributed by atoms with E-state index in [1.165, 1.54) is 5.56 Å². The summed E-state index contributed by atoms with van der Waals surface area (Å²) in [5.74, 6) is 1.26. The van der Waals surface area contributed by atoms with Crippen LogP contribution in [0.25, 0.3) is 11.4 Å². The minimum absolute atomic E-state index is 0.249. The molecule has 1 aliphatic carbocycles. The fourth-order valence-corrected chi connectivity index (χ4v) is 2.79. The second kappa shape index (κ2) is 6.49. The van der Waals surface area contributed by atoms with Crippen LogP contribution in [-0.4, -0.2) is 27.3 Å². The highest BCUT2D eigenvalue weighted by atomic mass is 16.2. The fraction of sp³-hybridized carbons (Fsp3) is 0.421. The Bertz CT molecular complexity index is 722. The molecule has 0 atom stereocenters. The molecular formula is C19H23N3O. The molecule has 2 aromatic rings. The lowest BCUT2D eigenvalue weighted by molar-refractivity contribution is -0.132. The SMILES string of the molecule is CCN(Cc1cc(C)ccc1-c1nccc(C)n1)C(=O)C1CC1. The molecule has 23 heavy (non-hydrogen) atoms. The summed E-state index contributed by atoms with van der Waals surface area (Å²) in [6.07, 6.45) is 3.86. The zero-order valence-electron chi connectivity index (χ0n) is 14.0. The van der Waals surface area contributed by atoms with Crippen molar-refractivity contribution in [3.05, 3.63) is 47.3 Å². The van der Waals surface area contributed by atoms with Crippen LogP contribution in [0, 0.1) is 19.8 Å². The first-order valence-electron chi connectivity index (χ1n) is 8.27. The summed E-state index contributed by atoms with van der Waals surface area (Å²) < 4.78 is 0. The van der Waals surface area contributed by atoms with Gasteiger partial charge in [0.1, 0.15) is 0 Å². The Morgan fingerprint density at radius 2 is 2.04 bits per heavy atom. The molecule has 1 aromatic carbocycles. The Labute approximate surface area is 137 Å². The van der Waals surface area contributed by atoms with E-state index in [0.29, 0.717) is 6.54 Å². The Balaban J connectivity index is 1.94. The van der Waals surface area contributed by atoms with Crippen LogP contribution >= 0.6 is 0 Å². The van der Waals surface area contributed by atoms with Crippen molar-refractivity contribution < 1.29 is 4.79 Å². The molecule has 1 saturated carbocycles. The molecule has 0 spiro atoms. The van der Waals surface area contributed by atoms with Crippen LogP contribution in [0.4, 0.5) is 0 Å². The molecule has 3 rings (SSSR count). The van der Waals surface area contributed by atoms with Gasteiger partial charge in [-0.25, -0.2) is 9.97 Å². The van der Waals surface area contributed by atoms with Crippen molar-refractivity contribution in [1.29, 1.82) is 0 Å². The van der Waals surface area contributed by atoms with E-state index in [-0.39, 0.29) is 11.8 Å². The molecule has 120 valence electrons. The van der Waals surface area contributed by atoms with Crippen molar-refractivity contribution in [2.24, 2.45) is 5.92 Å². The number of amides is 1. The summed E-state index contributed by atoms with van der Waals surface area (Å²) in [7, 11) is 0. The second-order valence-corrected chi connectivity index (χ2v) is 6.31. The summed E-state index contributed by atoms with van der Waals surface area (Å²) in [5.41, 5.74) is 4.27. The van der Waals surface area contributed by atoms with Crippen molar-refractivity contribution in [3.63, 3.8) is 0 Å². The lowest BCUT2D eigenvalue weighted by Gasteiger charge is -2.22. The monoisotopic (exact) mass is 309 g/mol. The predicted molar refractivity (Wildman–Crippen MR) is 90.8 cm³/mol. The number of rotatable bonds is 5. The van der Waals surface area contributed by atoms with Gasteiger partial charge in [0.2, 0.25) is 5.91 Å². The molecule has 1 aromatic heterocycles. The van der Waals surface area contributed by atoms with E-state index >= 15 is 0 Å². The number of aryl methyl sites for hydroxylation is 2. The molecular weight excluding hydrogens is 286 g/mol. The van der Waals surface area contributed by atoms with Gasteiger partial charge in [0.15, 0.2) is 5.82 Å². The van der Waals surface area contributed by atoms with E-state index < -0.39 is 0 Å². The van der Waals surface area contributed by atoms with Crippen LogP contribution in [0.5, 0.6) is 0 Å². The van der Waals surface area contributed by atoms with Gasteiger partial charge in [-0.15, -0.1) is 0 Å². The fourth-order valence-electron chi connectivity index (χ4n) is 2.79. The van der Waals surface area contributed by atoms with E-state index in [2.05, 4.69) is 35.1 Å². The number of carbonyl (C=O) groups excluding carboxylic acids is 1. The molecule has 0 saturated heterocycles. The van der Waals surface area contributed by atoms with Gasteiger partial charge in [-0.2, -0.15) is 0 Å². The minimum Gasteiger partial charge on any atom is -0.338 e. The van der Waals surface area contributed by atoms with E-state index in [9.17, 15) is 4.79 Å². The zero-order chi connectivity index (χ0) is 16.4. The van der Waals surface area contributed by atoms with Crippen LogP contribution in [0.15, 0.2) is 30.5 Å². The summed E-state index contributed by atoms with van der Waals surface area (Å²) in [6, 6.07) is 8.18. The van der Waals surface area contributed by atoms with Crippen LogP contribution in [0.2, 0.25) is 0 Å². The van der Waals surface area contributed by atoms with Crippen LogP contribution in [0.3, 0.4) is 0 Å². The van der Waals surface area contributed by atoms with Gasteiger partial charge in [-0.1, -0.05) is 23.8 Å². The topological polar surface area (TPSA) is 46.1 Å². The largest absolute Gasteiger partial charge is 0.338 e. The average molecular weight is 309 g/mol. The summed E-state index contributed by atoms with van der Waals surface area (Å²) in [5, 5.41) is 0. The highest BCUT2D eigenvalue weighted by Gasteiger charge is 2.33. The standard InChI is InChI=1S/C19H23N3O/c1-4-22(19(23)15-6-7-15)12-16-11-13(2)5-8-17(16)18-20-10-9-14(3)21-18/h5,8-11,15H,4,6-7,12H2,1-3H3. The average Bonchev–Trinajstić information content (AvgIpc) is 3.37. The van der Waals surface area contributed by atoms with Gasteiger partial charge in [-0.3, -0.25) is 4.79 Å². The number of benzene rings is 1. The molecule has 0 radical (unpaired) electrons. The lowest BCUT2D eigenvalue weighted by Crippen LogP contribution is -2.31. The molecule has 4 nitrogen and oxygen atoms in total. The number of aromatic nitrogens is 2. The predicted octanol–water partition coefficient (Wildman–Crippen LogP) is 3.52. The highest BCUT2D eigenvalue weighted by molar-refractivity contribution is 5.81. The zero-order valence-corrected chi connectivity index (χ0v) is 14.0. The normalized spacial score (nSPS) is 13.9. The molecule has 0 bridgehead atoms. The summed E-state index contributed by atoms with van der Waals surface area (Å²) >= 11 is 0. The third-order valence-corrected chi connectivity index (χ3v) is 4.28. The van der Waals surface area contributed by atoms with Crippen LogP contribution < -0.4 is 0 Å². The lowest BCUT2D eigenvalue weighted by atomic mass is 10.0. The first-order valence-corrected chi connectivity index (χ1v) is 8.27. The maximum absolute atomic E-state index is 12.4. The van der Waals surface area contributed by atoms with Crippen LogP contribution in [-0.2, 0) is 11.3 Å². The van der Waals surface area contributed by atoms with Gasteiger partial charge in [0.05, 0.1) is 0 Å². The Morgan fingerprint density at radius 1 is 1.26 bits per heavy atom. The molecule has 0 aliphatic heterocycles. The maximum Gasteiger partial charge on any atom is 0.225 e. The third-order valence-electron chi connectivity index (χ3n) is 4.28. The number of hydrogen-bond donors (Lipinski definition) is 0. The number of hydrogen-bond acceptors (Lipinski definition) is 3. The molecule has 0 unspecified atom stereocenters. The molecule has 1 amide bonds. The van der Waals surface area contributed by atoms with Crippen molar-refractivity contribution in [2.75, 3.05) is 6.54 Å². The van der Waals surface area contributed by atoms with E-state index in [0.717, 1.165) is 42.0 Å². The molecule has 1 aliphatic rings. The van der Waals surface area contributed by atoms with Gasteiger partial charge in [0, 0.05) is 36.5 Å². The van der Waals surface area contributed by atoms with Gasteiger partial charge >= 0.3 is 0 Å². The van der Waals surface area contributed by atoms with E-state index in [4.69, 9.17) is 0 Å². The first-order chi connectivity index (χ1) is 11.1. The Kier molecular flexibility index (Phi) is 4.42. The second-order valence-electron chi connectivity index (χ2n) is 6.31. The molecule has 1 heterocycles. The van der Waals surface area contributed by atoms with E-state index in [1.54, 1.807) is 6.20 Å². The van der Waals surface area contributed by atoms with E-state index in [1.807, 2.05) is 24.8 Å². The van der Waals surface area contributed by atoms with Crippen LogP contribution in [0.1, 0.15) is 36.6 Å². The Hall–Kier alpha value is -2.23. The van der Waals surface area contributed by atoms with Gasteiger partial charge < -0.3 is 4.90 Å². The highest BCUT2D eigenvalue weighted by Crippen LogP contribution is 2.32.